The Labute approximate surface area is 120 Å². The summed E-state index contributed by atoms with van der Waals surface area (Å²) in [6.45, 7) is 1.67. The van der Waals surface area contributed by atoms with Crippen molar-refractivity contribution in [3.8, 4) is 0 Å². The van der Waals surface area contributed by atoms with E-state index in [1.807, 2.05) is 17.1 Å². The van der Waals surface area contributed by atoms with E-state index in [0.29, 0.717) is 12.8 Å². The summed E-state index contributed by atoms with van der Waals surface area (Å²) >= 11 is 0. The molecular weight excluding hydrogens is 256 g/mol. The maximum absolute atomic E-state index is 12.7. The average molecular weight is 280 g/mol. The van der Waals surface area contributed by atoms with Crippen LogP contribution in [0.2, 0.25) is 0 Å². The van der Waals surface area contributed by atoms with Gasteiger partial charge in [-0.1, -0.05) is 12.2 Å². The predicted octanol–water partition coefficient (Wildman–Crippen LogP) is 1.60. The highest BCUT2D eigenvalue weighted by molar-refractivity contribution is 5.88. The third kappa shape index (κ3) is 3.20. The quantitative estimate of drug-likeness (QED) is 0.583. The summed E-state index contributed by atoms with van der Waals surface area (Å²) in [5.74, 6) is -0.494. The molecule has 0 aromatic carbocycles. The van der Waals surface area contributed by atoms with E-state index >= 15 is 0 Å². The third-order valence-corrected chi connectivity index (χ3v) is 4.32. The van der Waals surface area contributed by atoms with Crippen LogP contribution in [0.5, 0.6) is 0 Å². The van der Waals surface area contributed by atoms with Crippen LogP contribution in [0.25, 0.3) is 0 Å². The zero-order chi connectivity index (χ0) is 14.5. The smallest absolute Gasteiger partial charge is 0.250 e. The van der Waals surface area contributed by atoms with Gasteiger partial charge in [-0.25, -0.2) is 5.06 Å². The van der Waals surface area contributed by atoms with E-state index in [-0.39, 0.29) is 23.7 Å². The Morgan fingerprint density at radius 1 is 1.10 bits per heavy atom. The van der Waals surface area contributed by atoms with Gasteiger partial charge in [-0.3, -0.25) is 14.4 Å². The van der Waals surface area contributed by atoms with Crippen LogP contribution in [0.15, 0.2) is 12.2 Å². The Bertz CT molecular complexity index is 389. The number of hydroxylamine groups is 2. The average Bonchev–Trinajstić information content (AvgIpc) is 2.53. The molecule has 0 saturated carbocycles. The van der Waals surface area contributed by atoms with Gasteiger partial charge in [0, 0.05) is 20.1 Å². The van der Waals surface area contributed by atoms with Crippen LogP contribution in [-0.4, -0.2) is 49.0 Å². The molecule has 2 rings (SSSR count). The van der Waals surface area contributed by atoms with Gasteiger partial charge in [-0.15, -0.1) is 0 Å². The summed E-state index contributed by atoms with van der Waals surface area (Å²) < 4.78 is 0. The molecule has 0 N–H and O–H groups in total. The lowest BCUT2D eigenvalue weighted by Gasteiger charge is -2.35. The van der Waals surface area contributed by atoms with Crippen molar-refractivity contribution in [2.45, 2.75) is 32.1 Å². The number of amides is 2. The van der Waals surface area contributed by atoms with Crippen LogP contribution >= 0.6 is 0 Å². The fraction of sp³-hybridized carbons (Fsp3) is 0.733. The van der Waals surface area contributed by atoms with Gasteiger partial charge < -0.3 is 4.90 Å². The number of piperidine rings is 1. The Morgan fingerprint density at radius 3 is 2.30 bits per heavy atom. The molecule has 20 heavy (non-hydrogen) atoms. The first kappa shape index (κ1) is 15.0. The van der Waals surface area contributed by atoms with Gasteiger partial charge in [0.25, 0.3) is 0 Å². The second-order valence-corrected chi connectivity index (χ2v) is 5.56. The van der Waals surface area contributed by atoms with Crippen molar-refractivity contribution >= 4 is 11.8 Å². The molecule has 0 bridgehead atoms. The topological polar surface area (TPSA) is 49.9 Å². The number of hydrogen-bond acceptors (Lipinski definition) is 3. The summed E-state index contributed by atoms with van der Waals surface area (Å²) in [5.41, 5.74) is 0. The Morgan fingerprint density at radius 2 is 1.70 bits per heavy atom. The minimum atomic E-state index is -0.292. The van der Waals surface area contributed by atoms with Gasteiger partial charge in [0.2, 0.25) is 11.8 Å². The molecule has 1 saturated heterocycles. The van der Waals surface area contributed by atoms with Crippen LogP contribution in [0.1, 0.15) is 32.1 Å². The second kappa shape index (κ2) is 6.88. The van der Waals surface area contributed by atoms with E-state index < -0.39 is 0 Å². The zero-order valence-corrected chi connectivity index (χ0v) is 12.4. The summed E-state index contributed by atoms with van der Waals surface area (Å²) in [5, 5.41) is 1.24. The normalized spacial score (nSPS) is 26.4. The van der Waals surface area contributed by atoms with Crippen molar-refractivity contribution in [2.24, 2.45) is 11.8 Å². The molecular formula is C15H24N2O3. The summed E-state index contributed by atoms with van der Waals surface area (Å²) in [7, 11) is 3.07. The molecule has 2 atom stereocenters. The van der Waals surface area contributed by atoms with Gasteiger partial charge in [0.1, 0.15) is 0 Å². The van der Waals surface area contributed by atoms with Crippen LogP contribution in [0.4, 0.5) is 0 Å². The van der Waals surface area contributed by atoms with Gasteiger partial charge in [0.15, 0.2) is 0 Å². The SMILES string of the molecule is CON(C)C(=O)[C@@H]1CC=CC[C@@H]1C(=O)N1CCCCC1. The molecule has 1 aliphatic carbocycles. The fourth-order valence-corrected chi connectivity index (χ4v) is 3.03. The lowest BCUT2D eigenvalue weighted by Crippen LogP contribution is -2.46. The molecule has 5 heteroatoms. The van der Waals surface area contributed by atoms with Crippen LogP contribution in [0, 0.1) is 11.8 Å². The summed E-state index contributed by atoms with van der Waals surface area (Å²) in [6, 6.07) is 0. The molecule has 0 aromatic heterocycles. The maximum atomic E-state index is 12.7. The van der Waals surface area contributed by atoms with Gasteiger partial charge in [-0.05, 0) is 32.1 Å². The maximum Gasteiger partial charge on any atom is 0.250 e. The fourth-order valence-electron chi connectivity index (χ4n) is 3.03. The number of allylic oxidation sites excluding steroid dienone is 2. The summed E-state index contributed by atoms with van der Waals surface area (Å²) in [6.07, 6.45) is 8.63. The first-order valence-electron chi connectivity index (χ1n) is 7.40. The van der Waals surface area contributed by atoms with Gasteiger partial charge in [0.05, 0.1) is 18.9 Å². The number of carbonyl (C=O) groups excluding carboxylic acids is 2. The van der Waals surface area contributed by atoms with Crippen molar-refractivity contribution < 1.29 is 14.4 Å². The number of rotatable bonds is 3. The monoisotopic (exact) mass is 280 g/mol. The minimum Gasteiger partial charge on any atom is -0.342 e. The highest BCUT2D eigenvalue weighted by Gasteiger charge is 2.38. The van der Waals surface area contributed by atoms with Crippen LogP contribution in [-0.2, 0) is 14.4 Å². The standard InChI is InChI=1S/C15H24N2O3/c1-16(20-2)14(18)12-8-4-5-9-13(12)15(19)17-10-6-3-7-11-17/h4-5,12-13H,3,6-11H2,1-2H3/t12-,13+/m1/s1. The zero-order valence-electron chi connectivity index (χ0n) is 12.4. The van der Waals surface area contributed by atoms with E-state index in [4.69, 9.17) is 4.84 Å². The highest BCUT2D eigenvalue weighted by atomic mass is 16.7. The Kier molecular flexibility index (Phi) is 5.17. The first-order valence-corrected chi connectivity index (χ1v) is 7.40. The third-order valence-electron chi connectivity index (χ3n) is 4.32. The number of likely N-dealkylation sites (tertiary alicyclic amines) is 1. The number of carbonyl (C=O) groups is 2. The molecule has 0 unspecified atom stereocenters. The van der Waals surface area contributed by atoms with Crippen molar-refractivity contribution in [3.63, 3.8) is 0 Å². The molecule has 0 radical (unpaired) electrons. The molecule has 2 aliphatic rings. The number of hydrogen-bond donors (Lipinski definition) is 0. The molecule has 1 heterocycles. The first-order chi connectivity index (χ1) is 9.65. The molecule has 0 aromatic rings. The van der Waals surface area contributed by atoms with Gasteiger partial charge >= 0.3 is 0 Å². The van der Waals surface area contributed by atoms with Gasteiger partial charge in [-0.2, -0.15) is 0 Å². The van der Waals surface area contributed by atoms with E-state index in [1.54, 1.807) is 7.05 Å². The molecule has 0 spiro atoms. The van der Waals surface area contributed by atoms with Crippen LogP contribution < -0.4 is 0 Å². The van der Waals surface area contributed by atoms with E-state index in [0.717, 1.165) is 25.9 Å². The van der Waals surface area contributed by atoms with Crippen molar-refractivity contribution in [3.05, 3.63) is 12.2 Å². The van der Waals surface area contributed by atoms with Crippen molar-refractivity contribution in [2.75, 3.05) is 27.2 Å². The van der Waals surface area contributed by atoms with E-state index in [2.05, 4.69) is 0 Å². The van der Waals surface area contributed by atoms with Crippen molar-refractivity contribution in [1.82, 2.24) is 9.96 Å². The molecule has 112 valence electrons. The van der Waals surface area contributed by atoms with Crippen molar-refractivity contribution in [1.29, 1.82) is 0 Å². The Balaban J connectivity index is 2.08. The molecule has 1 aliphatic heterocycles. The van der Waals surface area contributed by atoms with Crippen LogP contribution in [0.3, 0.4) is 0 Å². The second-order valence-electron chi connectivity index (χ2n) is 5.56. The predicted molar refractivity (Wildman–Crippen MR) is 75.6 cm³/mol. The summed E-state index contributed by atoms with van der Waals surface area (Å²) in [4.78, 5) is 31.9. The molecule has 5 nitrogen and oxygen atoms in total. The Hall–Kier alpha value is -1.36. The number of nitrogens with zero attached hydrogens (tertiary/aromatic N) is 2. The largest absolute Gasteiger partial charge is 0.342 e. The lowest BCUT2D eigenvalue weighted by molar-refractivity contribution is -0.177. The highest BCUT2D eigenvalue weighted by Crippen LogP contribution is 2.29. The minimum absolute atomic E-state index is 0.104. The lowest BCUT2D eigenvalue weighted by atomic mass is 9.81. The molecule has 2 amide bonds. The van der Waals surface area contributed by atoms with E-state index in [1.165, 1.54) is 18.6 Å². The molecule has 1 fully saturated rings. The van der Waals surface area contributed by atoms with E-state index in [9.17, 15) is 9.59 Å².